The van der Waals surface area contributed by atoms with Crippen LogP contribution in [0.2, 0.25) is 5.02 Å². The Hall–Kier alpha value is -2.08. The van der Waals surface area contributed by atoms with Gasteiger partial charge in [0.15, 0.2) is 0 Å². The fraction of sp³-hybridized carbons (Fsp3) is 0.308. The van der Waals surface area contributed by atoms with Gasteiger partial charge in [-0.3, -0.25) is 5.32 Å². The van der Waals surface area contributed by atoms with Crippen molar-refractivity contribution in [3.63, 3.8) is 0 Å². The molecule has 1 aromatic carbocycles. The molecule has 0 spiro atoms. The molecule has 2 amide bonds. The van der Waals surface area contributed by atoms with Gasteiger partial charge in [0.2, 0.25) is 5.95 Å². The van der Waals surface area contributed by atoms with E-state index in [1.165, 1.54) is 6.33 Å². The lowest BCUT2D eigenvalue weighted by molar-refractivity contribution is 0.222. The highest BCUT2D eigenvalue weighted by molar-refractivity contribution is 6.31. The number of nitrogens with one attached hydrogen (secondary N) is 2. The van der Waals surface area contributed by atoms with Crippen molar-refractivity contribution in [2.75, 3.05) is 18.4 Å². The van der Waals surface area contributed by atoms with E-state index in [1.807, 2.05) is 24.3 Å². The monoisotopic (exact) mass is 291 g/mol. The smallest absolute Gasteiger partial charge is 0.324 e. The molecule has 1 saturated heterocycles. The SMILES string of the molecule is O=C(Nc1ncn[nH]1)N1CC[C@@H](c2ccccc2Cl)C1. The molecule has 0 bridgehead atoms. The van der Waals surface area contributed by atoms with Crippen LogP contribution in [0.3, 0.4) is 0 Å². The molecular weight excluding hydrogens is 278 g/mol. The number of H-pyrrole nitrogens is 1. The van der Waals surface area contributed by atoms with Crippen LogP contribution in [0.5, 0.6) is 0 Å². The van der Waals surface area contributed by atoms with E-state index in [2.05, 4.69) is 20.5 Å². The summed E-state index contributed by atoms with van der Waals surface area (Å²) in [5.74, 6) is 0.639. The van der Waals surface area contributed by atoms with Gasteiger partial charge in [0, 0.05) is 24.0 Å². The number of rotatable bonds is 2. The van der Waals surface area contributed by atoms with Gasteiger partial charge in [-0.1, -0.05) is 29.8 Å². The average Bonchev–Trinajstić information content (AvgIpc) is 3.10. The van der Waals surface area contributed by atoms with E-state index in [1.54, 1.807) is 4.90 Å². The van der Waals surface area contributed by atoms with Crippen LogP contribution in [0.15, 0.2) is 30.6 Å². The van der Waals surface area contributed by atoms with Crippen molar-refractivity contribution in [1.82, 2.24) is 20.1 Å². The lowest BCUT2D eigenvalue weighted by Gasteiger charge is -2.16. The zero-order valence-corrected chi connectivity index (χ0v) is 11.5. The van der Waals surface area contributed by atoms with Crippen molar-refractivity contribution in [2.24, 2.45) is 0 Å². The predicted molar refractivity (Wildman–Crippen MR) is 75.8 cm³/mol. The second kappa shape index (κ2) is 5.50. The Labute approximate surface area is 121 Å². The molecule has 7 heteroatoms. The number of halogens is 1. The molecule has 1 aromatic heterocycles. The highest BCUT2D eigenvalue weighted by Crippen LogP contribution is 2.31. The van der Waals surface area contributed by atoms with Crippen LogP contribution in [0.25, 0.3) is 0 Å². The normalized spacial score (nSPS) is 18.2. The van der Waals surface area contributed by atoms with Crippen molar-refractivity contribution < 1.29 is 4.79 Å². The quantitative estimate of drug-likeness (QED) is 0.892. The largest absolute Gasteiger partial charge is 0.324 e. The number of aromatic nitrogens is 3. The van der Waals surface area contributed by atoms with Crippen molar-refractivity contribution in [3.05, 3.63) is 41.2 Å². The molecule has 20 heavy (non-hydrogen) atoms. The van der Waals surface area contributed by atoms with Crippen LogP contribution in [0, 0.1) is 0 Å². The first kappa shape index (κ1) is 12.9. The minimum absolute atomic E-state index is 0.170. The van der Waals surface area contributed by atoms with Gasteiger partial charge in [-0.25, -0.2) is 9.89 Å². The summed E-state index contributed by atoms with van der Waals surface area (Å²) in [6.07, 6.45) is 2.26. The average molecular weight is 292 g/mol. The molecule has 1 fully saturated rings. The topological polar surface area (TPSA) is 73.9 Å². The molecule has 2 aromatic rings. The number of urea groups is 1. The van der Waals surface area contributed by atoms with E-state index in [0.29, 0.717) is 19.0 Å². The lowest BCUT2D eigenvalue weighted by atomic mass is 9.98. The van der Waals surface area contributed by atoms with E-state index >= 15 is 0 Å². The number of hydrogen-bond donors (Lipinski definition) is 2. The summed E-state index contributed by atoms with van der Waals surface area (Å²) in [4.78, 5) is 17.7. The lowest BCUT2D eigenvalue weighted by Crippen LogP contribution is -2.33. The van der Waals surface area contributed by atoms with Crippen molar-refractivity contribution >= 4 is 23.6 Å². The van der Waals surface area contributed by atoms with E-state index < -0.39 is 0 Å². The summed E-state index contributed by atoms with van der Waals surface area (Å²) in [6.45, 7) is 1.36. The fourth-order valence-electron chi connectivity index (χ4n) is 2.45. The summed E-state index contributed by atoms with van der Waals surface area (Å²) in [6, 6.07) is 7.61. The Balaban J connectivity index is 1.65. The third-order valence-electron chi connectivity index (χ3n) is 3.46. The Bertz CT molecular complexity index is 601. The minimum Gasteiger partial charge on any atom is -0.324 e. The summed E-state index contributed by atoms with van der Waals surface area (Å²) in [5, 5.41) is 9.73. The fourth-order valence-corrected chi connectivity index (χ4v) is 2.74. The van der Waals surface area contributed by atoms with Crippen LogP contribution < -0.4 is 5.32 Å². The van der Waals surface area contributed by atoms with Gasteiger partial charge in [-0.2, -0.15) is 10.1 Å². The highest BCUT2D eigenvalue weighted by atomic mass is 35.5. The number of benzene rings is 1. The van der Waals surface area contributed by atoms with Crippen molar-refractivity contribution in [1.29, 1.82) is 0 Å². The van der Waals surface area contributed by atoms with Gasteiger partial charge in [-0.05, 0) is 18.1 Å². The second-order valence-electron chi connectivity index (χ2n) is 4.72. The molecule has 2 heterocycles. The first-order chi connectivity index (χ1) is 9.74. The van der Waals surface area contributed by atoms with E-state index in [0.717, 1.165) is 17.0 Å². The number of hydrogen-bond acceptors (Lipinski definition) is 3. The Morgan fingerprint density at radius 2 is 2.30 bits per heavy atom. The van der Waals surface area contributed by atoms with Crippen LogP contribution in [-0.2, 0) is 0 Å². The Morgan fingerprint density at radius 3 is 3.05 bits per heavy atom. The number of nitrogens with zero attached hydrogens (tertiary/aromatic N) is 3. The van der Waals surface area contributed by atoms with Gasteiger partial charge in [0.1, 0.15) is 6.33 Å². The van der Waals surface area contributed by atoms with Crippen LogP contribution in [0.4, 0.5) is 10.7 Å². The first-order valence-electron chi connectivity index (χ1n) is 6.40. The van der Waals surface area contributed by atoms with Gasteiger partial charge < -0.3 is 4.90 Å². The summed E-state index contributed by atoms with van der Waals surface area (Å²) in [5.41, 5.74) is 1.10. The summed E-state index contributed by atoms with van der Waals surface area (Å²) >= 11 is 6.20. The molecule has 0 radical (unpaired) electrons. The molecule has 6 nitrogen and oxygen atoms in total. The zero-order valence-electron chi connectivity index (χ0n) is 10.7. The molecule has 0 aliphatic carbocycles. The number of anilines is 1. The molecule has 1 atom stereocenters. The molecule has 1 aliphatic rings. The summed E-state index contributed by atoms with van der Waals surface area (Å²) < 4.78 is 0. The maximum atomic E-state index is 12.1. The molecule has 2 N–H and O–H groups in total. The number of carbonyl (C=O) groups excluding carboxylic acids is 1. The molecule has 0 saturated carbocycles. The predicted octanol–water partition coefficient (Wildman–Crippen LogP) is 2.48. The third-order valence-corrected chi connectivity index (χ3v) is 3.81. The number of carbonyl (C=O) groups is 1. The van der Waals surface area contributed by atoms with Crippen LogP contribution in [-0.4, -0.2) is 39.2 Å². The van der Waals surface area contributed by atoms with Gasteiger partial charge in [0.05, 0.1) is 0 Å². The molecular formula is C13H14ClN5O. The van der Waals surface area contributed by atoms with Crippen molar-refractivity contribution in [3.8, 4) is 0 Å². The minimum atomic E-state index is -0.170. The van der Waals surface area contributed by atoms with E-state index in [4.69, 9.17) is 11.6 Å². The second-order valence-corrected chi connectivity index (χ2v) is 5.12. The van der Waals surface area contributed by atoms with Crippen molar-refractivity contribution in [2.45, 2.75) is 12.3 Å². The number of likely N-dealkylation sites (tertiary alicyclic amines) is 1. The van der Waals surface area contributed by atoms with Gasteiger partial charge in [0.25, 0.3) is 0 Å². The van der Waals surface area contributed by atoms with E-state index in [9.17, 15) is 4.79 Å². The maximum absolute atomic E-state index is 12.1. The molecule has 1 aliphatic heterocycles. The standard InChI is InChI=1S/C13H14ClN5O/c14-11-4-2-1-3-10(11)9-5-6-19(7-9)13(20)17-12-15-8-16-18-12/h1-4,8-9H,5-7H2,(H2,15,16,17,18,20)/t9-/m1/s1. The maximum Gasteiger partial charge on any atom is 0.324 e. The Morgan fingerprint density at radius 1 is 1.45 bits per heavy atom. The van der Waals surface area contributed by atoms with Crippen LogP contribution >= 0.6 is 11.6 Å². The highest BCUT2D eigenvalue weighted by Gasteiger charge is 2.28. The number of aromatic amines is 1. The molecule has 104 valence electrons. The van der Waals surface area contributed by atoms with Crippen LogP contribution in [0.1, 0.15) is 17.9 Å². The molecule has 0 unspecified atom stereocenters. The summed E-state index contributed by atoms with van der Waals surface area (Å²) in [7, 11) is 0. The number of amides is 2. The molecule has 3 rings (SSSR count). The van der Waals surface area contributed by atoms with Gasteiger partial charge >= 0.3 is 6.03 Å². The Kier molecular flexibility index (Phi) is 3.56. The third kappa shape index (κ3) is 2.60. The zero-order chi connectivity index (χ0) is 13.9. The van der Waals surface area contributed by atoms with E-state index in [-0.39, 0.29) is 11.9 Å². The first-order valence-corrected chi connectivity index (χ1v) is 6.77. The van der Waals surface area contributed by atoms with Gasteiger partial charge in [-0.15, -0.1) is 0 Å².